The molecule has 0 atom stereocenters. The van der Waals surface area contributed by atoms with Crippen LogP contribution in [-0.4, -0.2) is 33.8 Å². The van der Waals surface area contributed by atoms with Gasteiger partial charge in [-0.2, -0.15) is 0 Å². The molecular weight excluding hydrogens is 418 g/mol. The summed E-state index contributed by atoms with van der Waals surface area (Å²) in [5.74, 6) is 2.43. The Morgan fingerprint density at radius 2 is 1.82 bits per heavy atom. The molecule has 1 N–H and O–H groups in total. The summed E-state index contributed by atoms with van der Waals surface area (Å²) in [7, 11) is 4.86. The Hall–Kier alpha value is -3.41. The van der Waals surface area contributed by atoms with Crippen molar-refractivity contribution in [1.29, 1.82) is 0 Å². The number of hydrogen-bond acceptors (Lipinski definition) is 5. The van der Waals surface area contributed by atoms with Crippen LogP contribution in [0.3, 0.4) is 0 Å². The van der Waals surface area contributed by atoms with Crippen molar-refractivity contribution in [3.05, 3.63) is 47.7 Å². The van der Waals surface area contributed by atoms with E-state index in [0.717, 1.165) is 45.2 Å². The lowest BCUT2D eigenvalue weighted by Crippen LogP contribution is -2.23. The Kier molecular flexibility index (Phi) is 7.69. The van der Waals surface area contributed by atoms with Crippen LogP contribution in [0.4, 0.5) is 0 Å². The second-order valence-corrected chi connectivity index (χ2v) is 8.48. The number of aryl methyl sites for hydroxylation is 1. The minimum absolute atomic E-state index is 0.111. The molecule has 0 aliphatic carbocycles. The number of fused-ring (bicyclic) bond motifs is 1. The maximum atomic E-state index is 12.5. The van der Waals surface area contributed by atoms with Crippen molar-refractivity contribution in [1.82, 2.24) is 5.32 Å². The SMILES string of the molecule is COc1ccc(-c2coc3c(C)c(OC)c(/C(C)=C/C(=O)NCCC(C)C)cc23)cc1OC. The molecule has 1 aromatic heterocycles. The number of nitrogens with one attached hydrogen (secondary N) is 1. The highest BCUT2D eigenvalue weighted by Gasteiger charge is 2.19. The Morgan fingerprint density at radius 1 is 1.09 bits per heavy atom. The summed E-state index contributed by atoms with van der Waals surface area (Å²) >= 11 is 0. The summed E-state index contributed by atoms with van der Waals surface area (Å²) in [5.41, 5.74) is 5.16. The van der Waals surface area contributed by atoms with E-state index in [9.17, 15) is 4.79 Å². The Morgan fingerprint density at radius 3 is 2.45 bits per heavy atom. The van der Waals surface area contributed by atoms with Crippen molar-refractivity contribution >= 4 is 22.4 Å². The van der Waals surface area contributed by atoms with Crippen molar-refractivity contribution < 1.29 is 23.4 Å². The fourth-order valence-corrected chi connectivity index (χ4v) is 3.91. The summed E-state index contributed by atoms with van der Waals surface area (Å²) in [6.07, 6.45) is 4.30. The third-order valence-corrected chi connectivity index (χ3v) is 5.74. The van der Waals surface area contributed by atoms with Gasteiger partial charge in [-0.25, -0.2) is 0 Å². The first-order valence-corrected chi connectivity index (χ1v) is 11.1. The van der Waals surface area contributed by atoms with Crippen LogP contribution < -0.4 is 19.5 Å². The number of hydrogen-bond donors (Lipinski definition) is 1. The lowest BCUT2D eigenvalue weighted by Gasteiger charge is -2.14. The van der Waals surface area contributed by atoms with Crippen LogP contribution in [0.5, 0.6) is 17.2 Å². The molecule has 6 nitrogen and oxygen atoms in total. The highest BCUT2D eigenvalue weighted by molar-refractivity contribution is 6.01. The minimum atomic E-state index is -0.111. The quantitative estimate of drug-likeness (QED) is 0.404. The molecule has 6 heteroatoms. The average molecular weight is 452 g/mol. The average Bonchev–Trinajstić information content (AvgIpc) is 3.22. The van der Waals surface area contributed by atoms with Gasteiger partial charge >= 0.3 is 0 Å². The third-order valence-electron chi connectivity index (χ3n) is 5.74. The predicted octanol–water partition coefficient (Wildman–Crippen LogP) is 6.00. The third kappa shape index (κ3) is 5.16. The first kappa shape index (κ1) is 24.2. The molecule has 0 aliphatic rings. The molecule has 1 heterocycles. The van der Waals surface area contributed by atoms with E-state index in [-0.39, 0.29) is 5.91 Å². The number of methoxy groups -OCH3 is 3. The van der Waals surface area contributed by atoms with Gasteiger partial charge in [0.05, 0.1) is 27.6 Å². The molecule has 2 aromatic carbocycles. The highest BCUT2D eigenvalue weighted by atomic mass is 16.5. The summed E-state index contributed by atoms with van der Waals surface area (Å²) in [4.78, 5) is 12.5. The van der Waals surface area contributed by atoms with Crippen molar-refractivity contribution in [3.8, 4) is 28.4 Å². The smallest absolute Gasteiger partial charge is 0.244 e. The first-order valence-electron chi connectivity index (χ1n) is 11.1. The van der Waals surface area contributed by atoms with Gasteiger partial charge in [0.1, 0.15) is 11.3 Å². The Balaban J connectivity index is 2.06. The summed E-state index contributed by atoms with van der Waals surface area (Å²) in [6.45, 7) is 8.80. The minimum Gasteiger partial charge on any atom is -0.496 e. The normalized spacial score (nSPS) is 11.7. The van der Waals surface area contributed by atoms with Gasteiger partial charge in [-0.15, -0.1) is 0 Å². The number of carbonyl (C=O) groups is 1. The van der Waals surface area contributed by atoms with Crippen molar-refractivity contribution in [2.45, 2.75) is 34.1 Å². The van der Waals surface area contributed by atoms with Gasteiger partial charge in [0, 0.05) is 34.7 Å². The monoisotopic (exact) mass is 451 g/mol. The Bertz CT molecular complexity index is 1170. The van der Waals surface area contributed by atoms with E-state index in [1.54, 1.807) is 33.7 Å². The lowest BCUT2D eigenvalue weighted by atomic mass is 9.96. The van der Waals surface area contributed by atoms with Gasteiger partial charge in [-0.1, -0.05) is 19.9 Å². The lowest BCUT2D eigenvalue weighted by molar-refractivity contribution is -0.116. The van der Waals surface area contributed by atoms with Crippen LogP contribution >= 0.6 is 0 Å². The highest BCUT2D eigenvalue weighted by Crippen LogP contribution is 2.42. The van der Waals surface area contributed by atoms with E-state index in [0.29, 0.717) is 29.7 Å². The zero-order valence-corrected chi connectivity index (χ0v) is 20.5. The second-order valence-electron chi connectivity index (χ2n) is 8.48. The van der Waals surface area contributed by atoms with Crippen LogP contribution in [-0.2, 0) is 4.79 Å². The number of ether oxygens (including phenoxy) is 3. The van der Waals surface area contributed by atoms with Crippen molar-refractivity contribution in [2.24, 2.45) is 5.92 Å². The van der Waals surface area contributed by atoms with Crippen LogP contribution in [0.25, 0.3) is 27.7 Å². The molecule has 3 aromatic rings. The fourth-order valence-electron chi connectivity index (χ4n) is 3.91. The topological polar surface area (TPSA) is 69.9 Å². The second kappa shape index (κ2) is 10.5. The van der Waals surface area contributed by atoms with Crippen LogP contribution in [0, 0.1) is 12.8 Å². The first-order chi connectivity index (χ1) is 15.8. The molecule has 0 aliphatic heterocycles. The zero-order chi connectivity index (χ0) is 24.1. The van der Waals surface area contributed by atoms with Crippen LogP contribution in [0.1, 0.15) is 38.3 Å². The van der Waals surface area contributed by atoms with E-state index in [1.807, 2.05) is 38.1 Å². The fraction of sp³-hybridized carbons (Fsp3) is 0.370. The molecule has 0 radical (unpaired) electrons. The number of allylic oxidation sites excluding steroid dienone is 1. The molecule has 0 spiro atoms. The molecule has 0 unspecified atom stereocenters. The van der Waals surface area contributed by atoms with E-state index >= 15 is 0 Å². The van der Waals surface area contributed by atoms with Gasteiger partial charge in [0.2, 0.25) is 5.91 Å². The molecule has 0 saturated carbocycles. The molecule has 0 bridgehead atoms. The van der Waals surface area contributed by atoms with E-state index in [2.05, 4.69) is 19.2 Å². The molecule has 1 amide bonds. The maximum absolute atomic E-state index is 12.5. The van der Waals surface area contributed by atoms with Gasteiger partial charge in [-0.3, -0.25) is 4.79 Å². The summed E-state index contributed by atoms with van der Waals surface area (Å²) in [6, 6.07) is 7.78. The molecule has 0 fully saturated rings. The largest absolute Gasteiger partial charge is 0.496 e. The molecule has 0 saturated heterocycles. The van der Waals surface area contributed by atoms with E-state index < -0.39 is 0 Å². The predicted molar refractivity (Wildman–Crippen MR) is 132 cm³/mol. The number of furan rings is 1. The number of rotatable bonds is 9. The zero-order valence-electron chi connectivity index (χ0n) is 20.5. The van der Waals surface area contributed by atoms with Crippen molar-refractivity contribution in [2.75, 3.05) is 27.9 Å². The number of carbonyl (C=O) groups excluding carboxylic acids is 1. The number of benzene rings is 2. The van der Waals surface area contributed by atoms with Crippen LogP contribution in [0.2, 0.25) is 0 Å². The van der Waals surface area contributed by atoms with Gasteiger partial charge in [-0.05, 0) is 55.5 Å². The molecule has 176 valence electrons. The molecule has 3 rings (SSSR count). The number of amides is 1. The van der Waals surface area contributed by atoms with Gasteiger partial charge in [0.15, 0.2) is 11.5 Å². The standard InChI is InChI=1S/C27H33NO5/c1-16(2)10-11-28-25(29)12-17(3)20-14-21-22(15-33-27(21)18(4)26(20)32-7)19-8-9-23(30-5)24(13-19)31-6/h8-9,12-16H,10-11H2,1-7H3,(H,28,29)/b17-12+. The van der Waals surface area contributed by atoms with E-state index in [1.165, 1.54) is 0 Å². The Labute approximate surface area is 195 Å². The van der Waals surface area contributed by atoms with Crippen LogP contribution in [0.15, 0.2) is 41.0 Å². The maximum Gasteiger partial charge on any atom is 0.244 e. The summed E-state index contributed by atoms with van der Waals surface area (Å²) < 4.78 is 22.5. The molecular formula is C27H33NO5. The van der Waals surface area contributed by atoms with Crippen molar-refractivity contribution in [3.63, 3.8) is 0 Å². The van der Waals surface area contributed by atoms with Gasteiger partial charge < -0.3 is 23.9 Å². The van der Waals surface area contributed by atoms with Gasteiger partial charge in [0.25, 0.3) is 0 Å². The summed E-state index contributed by atoms with van der Waals surface area (Å²) in [5, 5.41) is 3.89. The molecule has 33 heavy (non-hydrogen) atoms. The van der Waals surface area contributed by atoms with E-state index in [4.69, 9.17) is 18.6 Å².